The SMILES string of the molecule is CC(=O)n1cc(C(=O)Nc2ccc(F)c(F)c2)c2ccc(Cl)cc21. The monoisotopic (exact) mass is 348 g/mol. The van der Waals surface area contributed by atoms with E-state index in [1.54, 1.807) is 18.2 Å². The van der Waals surface area contributed by atoms with Crippen molar-refractivity contribution in [2.45, 2.75) is 6.92 Å². The predicted molar refractivity (Wildman–Crippen MR) is 87.6 cm³/mol. The molecule has 1 heterocycles. The molecule has 2 aromatic carbocycles. The molecule has 24 heavy (non-hydrogen) atoms. The molecule has 0 atom stereocenters. The zero-order chi connectivity index (χ0) is 17.4. The van der Waals surface area contributed by atoms with Crippen molar-refractivity contribution in [1.82, 2.24) is 4.57 Å². The van der Waals surface area contributed by atoms with Crippen molar-refractivity contribution in [2.75, 3.05) is 5.32 Å². The fourth-order valence-corrected chi connectivity index (χ4v) is 2.58. The number of halogens is 3. The van der Waals surface area contributed by atoms with Gasteiger partial charge in [-0.3, -0.25) is 14.2 Å². The first kappa shape index (κ1) is 16.1. The molecule has 3 rings (SSSR count). The number of amides is 1. The highest BCUT2D eigenvalue weighted by atomic mass is 35.5. The van der Waals surface area contributed by atoms with Gasteiger partial charge in [-0.25, -0.2) is 8.78 Å². The van der Waals surface area contributed by atoms with Gasteiger partial charge in [0.25, 0.3) is 5.91 Å². The minimum Gasteiger partial charge on any atom is -0.322 e. The van der Waals surface area contributed by atoms with Crippen molar-refractivity contribution in [3.63, 3.8) is 0 Å². The molecule has 7 heteroatoms. The second-order valence-corrected chi connectivity index (χ2v) is 5.61. The van der Waals surface area contributed by atoms with E-state index < -0.39 is 17.5 Å². The molecular weight excluding hydrogens is 338 g/mol. The van der Waals surface area contributed by atoms with Gasteiger partial charge in [0.15, 0.2) is 11.6 Å². The molecule has 0 unspecified atom stereocenters. The van der Waals surface area contributed by atoms with E-state index in [0.717, 1.165) is 12.1 Å². The molecule has 0 radical (unpaired) electrons. The van der Waals surface area contributed by atoms with Crippen LogP contribution in [-0.2, 0) is 0 Å². The Morgan fingerprint density at radius 3 is 2.50 bits per heavy atom. The number of nitrogens with one attached hydrogen (secondary N) is 1. The van der Waals surface area contributed by atoms with Crippen LogP contribution in [-0.4, -0.2) is 16.4 Å². The summed E-state index contributed by atoms with van der Waals surface area (Å²) in [6.07, 6.45) is 1.39. The van der Waals surface area contributed by atoms with E-state index in [0.29, 0.717) is 15.9 Å². The minimum absolute atomic E-state index is 0.108. The highest BCUT2D eigenvalue weighted by molar-refractivity contribution is 6.31. The van der Waals surface area contributed by atoms with Crippen LogP contribution < -0.4 is 5.32 Å². The van der Waals surface area contributed by atoms with Crippen LogP contribution in [0.25, 0.3) is 10.9 Å². The molecule has 0 saturated carbocycles. The van der Waals surface area contributed by atoms with Crippen LogP contribution in [0, 0.1) is 11.6 Å². The molecule has 1 aromatic heterocycles. The topological polar surface area (TPSA) is 51.1 Å². The summed E-state index contributed by atoms with van der Waals surface area (Å²) < 4.78 is 27.5. The number of benzene rings is 2. The summed E-state index contributed by atoms with van der Waals surface area (Å²) in [6, 6.07) is 7.85. The first-order chi connectivity index (χ1) is 11.4. The minimum atomic E-state index is -1.06. The highest BCUT2D eigenvalue weighted by Crippen LogP contribution is 2.26. The van der Waals surface area contributed by atoms with Gasteiger partial charge in [-0.15, -0.1) is 0 Å². The number of rotatable bonds is 2. The van der Waals surface area contributed by atoms with Gasteiger partial charge < -0.3 is 5.32 Å². The smallest absolute Gasteiger partial charge is 0.257 e. The first-order valence-electron chi connectivity index (χ1n) is 6.95. The van der Waals surface area contributed by atoms with Crippen molar-refractivity contribution >= 4 is 40.0 Å². The van der Waals surface area contributed by atoms with Gasteiger partial charge in [-0.1, -0.05) is 17.7 Å². The molecule has 0 aliphatic heterocycles. The Morgan fingerprint density at radius 2 is 1.83 bits per heavy atom. The molecule has 0 fully saturated rings. The summed E-state index contributed by atoms with van der Waals surface area (Å²) in [5.41, 5.74) is 0.823. The fraction of sp³-hybridized carbons (Fsp3) is 0.0588. The van der Waals surface area contributed by atoms with Crippen LogP contribution in [0.5, 0.6) is 0 Å². The molecule has 1 N–H and O–H groups in total. The summed E-state index contributed by atoms with van der Waals surface area (Å²) >= 11 is 5.94. The van der Waals surface area contributed by atoms with Crippen LogP contribution in [0.2, 0.25) is 5.02 Å². The quantitative estimate of drug-likeness (QED) is 0.742. The molecule has 0 bridgehead atoms. The maximum atomic E-state index is 13.2. The Labute approximate surface area is 140 Å². The number of aromatic nitrogens is 1. The molecular formula is C17H11ClF2N2O2. The third kappa shape index (κ3) is 2.88. The number of carbonyl (C=O) groups excluding carboxylic acids is 2. The normalized spacial score (nSPS) is 10.8. The third-order valence-electron chi connectivity index (χ3n) is 3.53. The maximum Gasteiger partial charge on any atom is 0.257 e. The second kappa shape index (κ2) is 6.05. The lowest BCUT2D eigenvalue weighted by atomic mass is 10.1. The fourth-order valence-electron chi connectivity index (χ4n) is 2.41. The predicted octanol–water partition coefficient (Wildman–Crippen LogP) is 4.49. The number of hydrogen-bond donors (Lipinski definition) is 1. The standard InChI is InChI=1S/C17H11ClF2N2O2/c1-9(23)22-8-13(12-4-2-10(18)6-16(12)22)17(24)21-11-3-5-14(19)15(20)7-11/h2-8H,1H3,(H,21,24). The summed E-state index contributed by atoms with van der Waals surface area (Å²) in [5.74, 6) is -2.90. The first-order valence-corrected chi connectivity index (χ1v) is 7.32. The molecule has 1 amide bonds. The number of nitrogens with zero attached hydrogens (tertiary/aromatic N) is 1. The number of fused-ring (bicyclic) bond motifs is 1. The van der Waals surface area contributed by atoms with E-state index in [2.05, 4.69) is 5.32 Å². The Balaban J connectivity index is 2.03. The van der Waals surface area contributed by atoms with Gasteiger partial charge in [0.05, 0.1) is 11.1 Å². The van der Waals surface area contributed by atoms with Crippen LogP contribution in [0.4, 0.5) is 14.5 Å². The number of anilines is 1. The molecule has 3 aromatic rings. The van der Waals surface area contributed by atoms with Crippen molar-refractivity contribution < 1.29 is 18.4 Å². The van der Waals surface area contributed by atoms with E-state index in [4.69, 9.17) is 11.6 Å². The Bertz CT molecular complexity index is 982. The number of hydrogen-bond acceptors (Lipinski definition) is 2. The van der Waals surface area contributed by atoms with Gasteiger partial charge in [0.1, 0.15) is 0 Å². The third-order valence-corrected chi connectivity index (χ3v) is 3.76. The lowest BCUT2D eigenvalue weighted by molar-refractivity contribution is 0.0941. The molecule has 0 aliphatic rings. The Hall–Kier alpha value is -2.73. The zero-order valence-electron chi connectivity index (χ0n) is 12.4. The molecule has 122 valence electrons. The van der Waals surface area contributed by atoms with Gasteiger partial charge in [0.2, 0.25) is 5.91 Å². The summed E-state index contributed by atoms with van der Waals surface area (Å²) in [6.45, 7) is 1.36. The molecule has 0 spiro atoms. The van der Waals surface area contributed by atoms with Crippen LogP contribution in [0.3, 0.4) is 0 Å². The molecule has 0 saturated heterocycles. The van der Waals surface area contributed by atoms with Crippen LogP contribution in [0.1, 0.15) is 22.1 Å². The van der Waals surface area contributed by atoms with Gasteiger partial charge in [-0.2, -0.15) is 0 Å². The Kier molecular flexibility index (Phi) is 4.07. The highest BCUT2D eigenvalue weighted by Gasteiger charge is 2.17. The molecule has 0 aliphatic carbocycles. The largest absolute Gasteiger partial charge is 0.322 e. The maximum absolute atomic E-state index is 13.2. The Morgan fingerprint density at radius 1 is 1.08 bits per heavy atom. The van der Waals surface area contributed by atoms with E-state index in [9.17, 15) is 18.4 Å². The summed E-state index contributed by atoms with van der Waals surface area (Å²) in [5, 5.41) is 3.43. The lowest BCUT2D eigenvalue weighted by Gasteiger charge is -2.05. The number of carbonyl (C=O) groups is 2. The van der Waals surface area contributed by atoms with E-state index in [-0.39, 0.29) is 17.2 Å². The van der Waals surface area contributed by atoms with Crippen molar-refractivity contribution in [3.05, 3.63) is 64.8 Å². The van der Waals surface area contributed by atoms with Crippen molar-refractivity contribution in [1.29, 1.82) is 0 Å². The van der Waals surface area contributed by atoms with E-state index >= 15 is 0 Å². The molecule has 4 nitrogen and oxygen atoms in total. The lowest BCUT2D eigenvalue weighted by Crippen LogP contribution is -2.12. The second-order valence-electron chi connectivity index (χ2n) is 5.18. The van der Waals surface area contributed by atoms with E-state index in [1.165, 1.54) is 23.8 Å². The average molecular weight is 349 g/mol. The van der Waals surface area contributed by atoms with E-state index in [1.807, 2.05) is 0 Å². The van der Waals surface area contributed by atoms with Crippen molar-refractivity contribution in [2.24, 2.45) is 0 Å². The zero-order valence-corrected chi connectivity index (χ0v) is 13.2. The van der Waals surface area contributed by atoms with Crippen LogP contribution in [0.15, 0.2) is 42.6 Å². The summed E-state index contributed by atoms with van der Waals surface area (Å²) in [7, 11) is 0. The van der Waals surface area contributed by atoms with Gasteiger partial charge in [0, 0.05) is 35.3 Å². The summed E-state index contributed by atoms with van der Waals surface area (Å²) in [4.78, 5) is 24.2. The van der Waals surface area contributed by atoms with Crippen LogP contribution >= 0.6 is 11.6 Å². The van der Waals surface area contributed by atoms with Gasteiger partial charge in [-0.05, 0) is 24.3 Å². The average Bonchev–Trinajstić information content (AvgIpc) is 2.90. The van der Waals surface area contributed by atoms with Gasteiger partial charge >= 0.3 is 0 Å². The van der Waals surface area contributed by atoms with Crippen molar-refractivity contribution in [3.8, 4) is 0 Å².